The number of aromatic nitrogens is 1. The number of piperazine rings is 1. The minimum atomic E-state index is -0.0666. The third-order valence-electron chi connectivity index (χ3n) is 8.36. The molecule has 0 saturated carbocycles. The van der Waals surface area contributed by atoms with E-state index in [1.165, 1.54) is 0 Å². The standard InChI is InChI=1S/C35H33N5O2/c36-25-28-13-7-8-14-31(28)35(42)39-17-15-30(16-18-39)38-19-21-40(22-20-38)34(41)29-23-32(26-9-3-1-4-10-26)37-33(24-29)27-11-5-2-6-12-27/h1-14,23-24,30H,15-22H2. The number of nitriles is 1. The first kappa shape index (κ1) is 27.4. The minimum absolute atomic E-state index is 0.0305. The van der Waals surface area contributed by atoms with E-state index >= 15 is 0 Å². The summed E-state index contributed by atoms with van der Waals surface area (Å²) >= 11 is 0. The molecule has 0 atom stereocenters. The van der Waals surface area contributed by atoms with Crippen LogP contribution in [-0.2, 0) is 0 Å². The third kappa shape index (κ3) is 5.81. The van der Waals surface area contributed by atoms with Gasteiger partial charge in [-0.3, -0.25) is 14.5 Å². The zero-order valence-electron chi connectivity index (χ0n) is 23.5. The summed E-state index contributed by atoms with van der Waals surface area (Å²) in [7, 11) is 0. The van der Waals surface area contributed by atoms with Gasteiger partial charge in [-0.05, 0) is 37.1 Å². The molecule has 0 radical (unpaired) electrons. The lowest BCUT2D eigenvalue weighted by molar-refractivity contribution is 0.0412. The van der Waals surface area contributed by atoms with Crippen LogP contribution in [-0.4, -0.2) is 76.8 Å². The summed E-state index contributed by atoms with van der Waals surface area (Å²) in [5.74, 6) is -0.0360. The summed E-state index contributed by atoms with van der Waals surface area (Å²) in [6.45, 7) is 4.29. The Labute approximate surface area is 246 Å². The van der Waals surface area contributed by atoms with Gasteiger partial charge in [0.2, 0.25) is 0 Å². The number of carbonyl (C=O) groups excluding carboxylic acids is 2. The van der Waals surface area contributed by atoms with E-state index < -0.39 is 0 Å². The van der Waals surface area contributed by atoms with E-state index in [4.69, 9.17) is 4.98 Å². The number of carbonyl (C=O) groups is 2. The Morgan fingerprint density at radius 3 is 1.76 bits per heavy atom. The van der Waals surface area contributed by atoms with Gasteiger partial charge in [-0.2, -0.15) is 5.26 Å². The first-order chi connectivity index (χ1) is 20.6. The van der Waals surface area contributed by atoms with Crippen LogP contribution in [0, 0.1) is 11.3 Å². The quantitative estimate of drug-likeness (QED) is 0.332. The van der Waals surface area contributed by atoms with Crippen molar-refractivity contribution in [2.75, 3.05) is 39.3 Å². The van der Waals surface area contributed by atoms with Crippen LogP contribution in [0.4, 0.5) is 0 Å². The predicted molar refractivity (Wildman–Crippen MR) is 163 cm³/mol. The molecule has 0 unspecified atom stereocenters. The van der Waals surface area contributed by atoms with E-state index in [0.717, 1.165) is 48.4 Å². The van der Waals surface area contributed by atoms with Crippen LogP contribution in [0.5, 0.6) is 0 Å². The normalized spacial score (nSPS) is 16.2. The van der Waals surface area contributed by atoms with Gasteiger partial charge in [-0.15, -0.1) is 0 Å². The van der Waals surface area contributed by atoms with Gasteiger partial charge in [-0.1, -0.05) is 72.8 Å². The molecule has 2 fully saturated rings. The molecule has 3 aromatic carbocycles. The Bertz CT molecular complexity index is 1540. The maximum atomic E-state index is 13.8. The van der Waals surface area contributed by atoms with Crippen LogP contribution < -0.4 is 0 Å². The first-order valence-corrected chi connectivity index (χ1v) is 14.6. The monoisotopic (exact) mass is 555 g/mol. The molecule has 2 amide bonds. The number of hydrogen-bond donors (Lipinski definition) is 0. The lowest BCUT2D eigenvalue weighted by atomic mass is 10.00. The SMILES string of the molecule is N#Cc1ccccc1C(=O)N1CCC(N2CCN(C(=O)c3cc(-c4ccccc4)nc(-c4ccccc4)c3)CC2)CC1. The number of rotatable bonds is 5. The molecular weight excluding hydrogens is 522 g/mol. The lowest BCUT2D eigenvalue weighted by Gasteiger charge is -2.42. The van der Waals surface area contributed by atoms with Crippen molar-refractivity contribution in [1.82, 2.24) is 19.7 Å². The average Bonchev–Trinajstić information content (AvgIpc) is 3.08. The zero-order chi connectivity index (χ0) is 28.9. The molecule has 2 aliphatic rings. The number of pyridine rings is 1. The van der Waals surface area contributed by atoms with Crippen molar-refractivity contribution in [3.63, 3.8) is 0 Å². The zero-order valence-corrected chi connectivity index (χ0v) is 23.5. The van der Waals surface area contributed by atoms with E-state index in [0.29, 0.717) is 48.9 Å². The molecule has 4 aromatic rings. The predicted octanol–water partition coefficient (Wildman–Crippen LogP) is 5.35. The van der Waals surface area contributed by atoms with E-state index in [1.807, 2.05) is 82.6 Å². The number of likely N-dealkylation sites (tertiary alicyclic amines) is 1. The topological polar surface area (TPSA) is 80.5 Å². The highest BCUT2D eigenvalue weighted by atomic mass is 16.2. The van der Waals surface area contributed by atoms with Gasteiger partial charge in [0, 0.05) is 62.0 Å². The van der Waals surface area contributed by atoms with Gasteiger partial charge in [0.05, 0.1) is 28.6 Å². The van der Waals surface area contributed by atoms with Crippen LogP contribution in [0.1, 0.15) is 39.1 Å². The molecule has 0 spiro atoms. The first-order valence-electron chi connectivity index (χ1n) is 14.6. The molecular formula is C35H33N5O2. The largest absolute Gasteiger partial charge is 0.338 e. The van der Waals surface area contributed by atoms with Crippen LogP contribution >= 0.6 is 0 Å². The number of nitrogens with zero attached hydrogens (tertiary/aromatic N) is 5. The fourth-order valence-corrected chi connectivity index (χ4v) is 6.01. The number of piperidine rings is 1. The molecule has 0 bridgehead atoms. The fourth-order valence-electron chi connectivity index (χ4n) is 6.01. The molecule has 2 aliphatic heterocycles. The molecule has 6 rings (SSSR count). The van der Waals surface area contributed by atoms with Gasteiger partial charge in [0.25, 0.3) is 11.8 Å². The smallest absolute Gasteiger partial charge is 0.255 e. The Balaban J connectivity index is 1.10. The van der Waals surface area contributed by atoms with E-state index in [9.17, 15) is 14.9 Å². The Morgan fingerprint density at radius 1 is 0.667 bits per heavy atom. The molecule has 7 heteroatoms. The van der Waals surface area contributed by atoms with Crippen molar-refractivity contribution in [1.29, 1.82) is 5.26 Å². The Hall–Kier alpha value is -4.80. The van der Waals surface area contributed by atoms with Crippen molar-refractivity contribution < 1.29 is 9.59 Å². The minimum Gasteiger partial charge on any atom is -0.338 e. The maximum absolute atomic E-state index is 13.8. The second kappa shape index (κ2) is 12.4. The molecule has 0 N–H and O–H groups in total. The third-order valence-corrected chi connectivity index (χ3v) is 8.36. The highest BCUT2D eigenvalue weighted by molar-refractivity contribution is 5.97. The Morgan fingerprint density at radius 2 is 1.19 bits per heavy atom. The van der Waals surface area contributed by atoms with Crippen LogP contribution in [0.2, 0.25) is 0 Å². The van der Waals surface area contributed by atoms with Crippen LogP contribution in [0.15, 0.2) is 97.1 Å². The number of benzene rings is 3. The van der Waals surface area contributed by atoms with E-state index in [1.54, 1.807) is 24.3 Å². The second-order valence-corrected chi connectivity index (χ2v) is 10.9. The summed E-state index contributed by atoms with van der Waals surface area (Å²) in [5.41, 5.74) is 5.10. The average molecular weight is 556 g/mol. The van der Waals surface area contributed by atoms with Crippen molar-refractivity contribution in [3.8, 4) is 28.6 Å². The fraction of sp³-hybridized carbons (Fsp3) is 0.257. The van der Waals surface area contributed by atoms with Gasteiger partial charge in [0.1, 0.15) is 0 Å². The molecule has 3 heterocycles. The summed E-state index contributed by atoms with van der Waals surface area (Å²) in [6, 6.07) is 33.3. The Kier molecular flexibility index (Phi) is 8.07. The second-order valence-electron chi connectivity index (χ2n) is 10.9. The summed E-state index contributed by atoms with van der Waals surface area (Å²) in [5, 5.41) is 9.38. The molecule has 7 nitrogen and oxygen atoms in total. The van der Waals surface area contributed by atoms with Gasteiger partial charge >= 0.3 is 0 Å². The summed E-state index contributed by atoms with van der Waals surface area (Å²) < 4.78 is 0. The summed E-state index contributed by atoms with van der Waals surface area (Å²) in [4.78, 5) is 38.0. The maximum Gasteiger partial charge on any atom is 0.255 e. The van der Waals surface area contributed by atoms with Crippen LogP contribution in [0.25, 0.3) is 22.5 Å². The summed E-state index contributed by atoms with van der Waals surface area (Å²) in [6.07, 6.45) is 1.78. The van der Waals surface area contributed by atoms with Crippen molar-refractivity contribution in [2.45, 2.75) is 18.9 Å². The van der Waals surface area contributed by atoms with Gasteiger partial charge in [0.15, 0.2) is 0 Å². The molecule has 0 aliphatic carbocycles. The van der Waals surface area contributed by atoms with Gasteiger partial charge in [-0.25, -0.2) is 4.98 Å². The highest BCUT2D eigenvalue weighted by Crippen LogP contribution is 2.27. The number of hydrogen-bond acceptors (Lipinski definition) is 5. The number of amides is 2. The van der Waals surface area contributed by atoms with Crippen molar-refractivity contribution in [2.24, 2.45) is 0 Å². The molecule has 210 valence electrons. The highest BCUT2D eigenvalue weighted by Gasteiger charge is 2.31. The van der Waals surface area contributed by atoms with E-state index in [2.05, 4.69) is 11.0 Å². The van der Waals surface area contributed by atoms with Crippen molar-refractivity contribution in [3.05, 3.63) is 114 Å². The molecule has 1 aromatic heterocycles. The van der Waals surface area contributed by atoms with Crippen LogP contribution in [0.3, 0.4) is 0 Å². The molecule has 2 saturated heterocycles. The molecule has 42 heavy (non-hydrogen) atoms. The van der Waals surface area contributed by atoms with Crippen molar-refractivity contribution >= 4 is 11.8 Å². The van der Waals surface area contributed by atoms with Gasteiger partial charge < -0.3 is 9.80 Å². The lowest BCUT2D eigenvalue weighted by Crippen LogP contribution is -2.54. The van der Waals surface area contributed by atoms with E-state index in [-0.39, 0.29) is 11.8 Å².